The summed E-state index contributed by atoms with van der Waals surface area (Å²) in [5.41, 5.74) is 0.206. The average Bonchev–Trinajstić information content (AvgIpc) is 2.28. The van der Waals surface area contributed by atoms with Gasteiger partial charge in [0.15, 0.2) is 0 Å². The zero-order valence-electron chi connectivity index (χ0n) is 11.6. The third-order valence-electron chi connectivity index (χ3n) is 3.80. The van der Waals surface area contributed by atoms with Gasteiger partial charge in [0.1, 0.15) is 0 Å². The lowest BCUT2D eigenvalue weighted by atomic mass is 9.77. The standard InChI is InChI=1S/C13H28N2O2/c1-15(11-8-14-9-12-16-2)10-7-13(17-3)5-4-6-13/h14H,4-12H2,1-3H3. The van der Waals surface area contributed by atoms with Gasteiger partial charge in [0.2, 0.25) is 0 Å². The monoisotopic (exact) mass is 244 g/mol. The first-order chi connectivity index (χ1) is 8.22. The Morgan fingerprint density at radius 2 is 1.94 bits per heavy atom. The largest absolute Gasteiger partial charge is 0.383 e. The molecule has 0 heterocycles. The Morgan fingerprint density at radius 1 is 1.18 bits per heavy atom. The minimum absolute atomic E-state index is 0.206. The first-order valence-corrected chi connectivity index (χ1v) is 6.66. The summed E-state index contributed by atoms with van der Waals surface area (Å²) in [4.78, 5) is 2.37. The van der Waals surface area contributed by atoms with Crippen LogP contribution in [0.3, 0.4) is 0 Å². The Bertz CT molecular complexity index is 190. The Morgan fingerprint density at radius 3 is 2.47 bits per heavy atom. The number of nitrogens with zero attached hydrogens (tertiary/aromatic N) is 1. The van der Waals surface area contributed by atoms with E-state index in [0.29, 0.717) is 0 Å². The molecule has 0 aromatic heterocycles. The molecule has 4 heteroatoms. The van der Waals surface area contributed by atoms with Crippen LogP contribution in [-0.4, -0.2) is 64.6 Å². The molecule has 0 atom stereocenters. The van der Waals surface area contributed by atoms with Crippen LogP contribution in [0.25, 0.3) is 0 Å². The highest BCUT2D eigenvalue weighted by Gasteiger charge is 2.36. The first kappa shape index (κ1) is 14.9. The summed E-state index contributed by atoms with van der Waals surface area (Å²) in [6, 6.07) is 0. The van der Waals surface area contributed by atoms with E-state index in [0.717, 1.165) is 39.2 Å². The van der Waals surface area contributed by atoms with Gasteiger partial charge in [-0.05, 0) is 32.7 Å². The third-order valence-corrected chi connectivity index (χ3v) is 3.80. The second-order valence-corrected chi connectivity index (χ2v) is 5.04. The minimum Gasteiger partial charge on any atom is -0.383 e. The second-order valence-electron chi connectivity index (χ2n) is 5.04. The summed E-state index contributed by atoms with van der Waals surface area (Å²) < 4.78 is 10.6. The van der Waals surface area contributed by atoms with Crippen molar-refractivity contribution < 1.29 is 9.47 Å². The average molecular weight is 244 g/mol. The number of ether oxygens (including phenoxy) is 2. The fraction of sp³-hybridized carbons (Fsp3) is 1.00. The molecule has 102 valence electrons. The second kappa shape index (κ2) is 8.03. The van der Waals surface area contributed by atoms with Crippen molar-refractivity contribution in [2.45, 2.75) is 31.3 Å². The van der Waals surface area contributed by atoms with Crippen LogP contribution in [0.5, 0.6) is 0 Å². The fourth-order valence-electron chi connectivity index (χ4n) is 2.20. The maximum absolute atomic E-state index is 5.62. The van der Waals surface area contributed by atoms with Crippen molar-refractivity contribution in [3.63, 3.8) is 0 Å². The molecule has 1 N–H and O–H groups in total. The van der Waals surface area contributed by atoms with Crippen LogP contribution < -0.4 is 5.32 Å². The first-order valence-electron chi connectivity index (χ1n) is 6.66. The van der Waals surface area contributed by atoms with Crippen LogP contribution in [-0.2, 0) is 9.47 Å². The van der Waals surface area contributed by atoms with E-state index in [1.165, 1.54) is 19.3 Å². The molecule has 0 bridgehead atoms. The Balaban J connectivity index is 1.99. The molecule has 0 aliphatic heterocycles. The molecule has 0 amide bonds. The minimum atomic E-state index is 0.206. The zero-order chi connectivity index (χ0) is 12.6. The lowest BCUT2D eigenvalue weighted by Crippen LogP contribution is -2.42. The number of rotatable bonds is 10. The van der Waals surface area contributed by atoms with Gasteiger partial charge in [0.05, 0.1) is 12.2 Å². The number of methoxy groups -OCH3 is 2. The van der Waals surface area contributed by atoms with Gasteiger partial charge in [-0.25, -0.2) is 0 Å². The molecule has 0 radical (unpaired) electrons. The van der Waals surface area contributed by atoms with Crippen LogP contribution in [0.2, 0.25) is 0 Å². The van der Waals surface area contributed by atoms with Crippen molar-refractivity contribution in [1.29, 1.82) is 0 Å². The molecule has 0 unspecified atom stereocenters. The molecule has 0 aromatic rings. The van der Waals surface area contributed by atoms with Gasteiger partial charge in [0, 0.05) is 40.4 Å². The number of nitrogens with one attached hydrogen (secondary N) is 1. The van der Waals surface area contributed by atoms with Crippen molar-refractivity contribution in [2.24, 2.45) is 0 Å². The summed E-state index contributed by atoms with van der Waals surface area (Å²) >= 11 is 0. The molecule has 1 rings (SSSR count). The smallest absolute Gasteiger partial charge is 0.0691 e. The van der Waals surface area contributed by atoms with Gasteiger partial charge in [-0.1, -0.05) is 0 Å². The van der Waals surface area contributed by atoms with Crippen LogP contribution in [0.1, 0.15) is 25.7 Å². The van der Waals surface area contributed by atoms with E-state index in [1.54, 1.807) is 7.11 Å². The molecular formula is C13H28N2O2. The predicted molar refractivity (Wildman–Crippen MR) is 70.5 cm³/mol. The molecule has 0 aromatic carbocycles. The maximum Gasteiger partial charge on any atom is 0.0691 e. The summed E-state index contributed by atoms with van der Waals surface area (Å²) in [6.45, 7) is 4.96. The highest BCUT2D eigenvalue weighted by atomic mass is 16.5. The Labute approximate surface area is 106 Å². The molecule has 1 aliphatic carbocycles. The molecule has 0 saturated heterocycles. The van der Waals surface area contributed by atoms with E-state index in [1.807, 2.05) is 7.11 Å². The van der Waals surface area contributed by atoms with E-state index in [2.05, 4.69) is 17.3 Å². The van der Waals surface area contributed by atoms with Crippen molar-refractivity contribution >= 4 is 0 Å². The van der Waals surface area contributed by atoms with Crippen molar-refractivity contribution in [3.8, 4) is 0 Å². The summed E-state index contributed by atoms with van der Waals surface area (Å²) in [6.07, 6.45) is 4.97. The zero-order valence-corrected chi connectivity index (χ0v) is 11.6. The fourth-order valence-corrected chi connectivity index (χ4v) is 2.20. The Hall–Kier alpha value is -0.160. The van der Waals surface area contributed by atoms with Gasteiger partial charge < -0.3 is 19.7 Å². The number of hydrogen-bond donors (Lipinski definition) is 1. The highest BCUT2D eigenvalue weighted by Crippen LogP contribution is 2.37. The number of likely N-dealkylation sites (N-methyl/N-ethyl adjacent to an activating group) is 1. The maximum atomic E-state index is 5.62. The van der Waals surface area contributed by atoms with E-state index in [4.69, 9.17) is 9.47 Å². The van der Waals surface area contributed by atoms with Crippen LogP contribution in [0.15, 0.2) is 0 Å². The summed E-state index contributed by atoms with van der Waals surface area (Å²) in [7, 11) is 5.77. The molecule has 1 fully saturated rings. The van der Waals surface area contributed by atoms with E-state index >= 15 is 0 Å². The van der Waals surface area contributed by atoms with Gasteiger partial charge >= 0.3 is 0 Å². The lowest BCUT2D eigenvalue weighted by molar-refractivity contribution is -0.0810. The van der Waals surface area contributed by atoms with Crippen molar-refractivity contribution in [1.82, 2.24) is 10.2 Å². The van der Waals surface area contributed by atoms with Gasteiger partial charge in [-0.15, -0.1) is 0 Å². The van der Waals surface area contributed by atoms with Crippen LogP contribution in [0.4, 0.5) is 0 Å². The van der Waals surface area contributed by atoms with Gasteiger partial charge in [0.25, 0.3) is 0 Å². The molecule has 17 heavy (non-hydrogen) atoms. The van der Waals surface area contributed by atoms with E-state index in [9.17, 15) is 0 Å². The van der Waals surface area contributed by atoms with Crippen LogP contribution in [0, 0.1) is 0 Å². The Kier molecular flexibility index (Phi) is 7.04. The third kappa shape index (κ3) is 5.34. The lowest BCUT2D eigenvalue weighted by Gasteiger charge is -2.41. The van der Waals surface area contributed by atoms with Gasteiger partial charge in [-0.2, -0.15) is 0 Å². The SMILES string of the molecule is COCCNCCN(C)CCC1(OC)CCC1. The van der Waals surface area contributed by atoms with Crippen molar-refractivity contribution in [2.75, 3.05) is 54.1 Å². The summed E-state index contributed by atoms with van der Waals surface area (Å²) in [5, 5.41) is 3.36. The molecule has 4 nitrogen and oxygen atoms in total. The highest BCUT2D eigenvalue weighted by molar-refractivity contribution is 4.89. The molecule has 1 saturated carbocycles. The quantitative estimate of drug-likeness (QED) is 0.584. The van der Waals surface area contributed by atoms with E-state index < -0.39 is 0 Å². The topological polar surface area (TPSA) is 33.7 Å². The molecule has 1 aliphatic rings. The van der Waals surface area contributed by atoms with Crippen LogP contribution >= 0.6 is 0 Å². The normalized spacial score (nSPS) is 18.4. The number of hydrogen-bond acceptors (Lipinski definition) is 4. The van der Waals surface area contributed by atoms with Gasteiger partial charge in [-0.3, -0.25) is 0 Å². The van der Waals surface area contributed by atoms with Crippen molar-refractivity contribution in [3.05, 3.63) is 0 Å². The van der Waals surface area contributed by atoms with E-state index in [-0.39, 0.29) is 5.60 Å². The summed E-state index contributed by atoms with van der Waals surface area (Å²) in [5.74, 6) is 0. The predicted octanol–water partition coefficient (Wildman–Crippen LogP) is 1.11. The molecule has 0 spiro atoms. The molecular weight excluding hydrogens is 216 g/mol.